The minimum atomic E-state index is -3.37. The van der Waals surface area contributed by atoms with Gasteiger partial charge in [-0.15, -0.1) is 0 Å². The fourth-order valence-electron chi connectivity index (χ4n) is 1.74. The van der Waals surface area contributed by atoms with Gasteiger partial charge >= 0.3 is 0 Å². The summed E-state index contributed by atoms with van der Waals surface area (Å²) in [5.74, 6) is 0. The summed E-state index contributed by atoms with van der Waals surface area (Å²) < 4.78 is 10.8. The molecule has 0 amide bonds. The summed E-state index contributed by atoms with van der Waals surface area (Å²) in [5, 5.41) is 5.16. The van der Waals surface area contributed by atoms with Gasteiger partial charge < -0.3 is 9.46 Å². The monoisotopic (exact) mass is 161 g/mol. The summed E-state index contributed by atoms with van der Waals surface area (Å²) in [6, 6.07) is 0.367. The van der Waals surface area contributed by atoms with Crippen molar-refractivity contribution in [3.63, 3.8) is 0 Å². The maximum absolute atomic E-state index is 10.8. The first kappa shape index (κ1) is 6.80. The van der Waals surface area contributed by atoms with E-state index in [-0.39, 0.29) is 12.1 Å². The second-order valence-corrected chi connectivity index (χ2v) is 4.57. The van der Waals surface area contributed by atoms with Crippen molar-refractivity contribution in [3.05, 3.63) is 0 Å². The van der Waals surface area contributed by atoms with Crippen molar-refractivity contribution in [2.45, 2.75) is 31.3 Å². The summed E-state index contributed by atoms with van der Waals surface area (Å²) in [4.78, 5) is 10.8. The quantitative estimate of drug-likeness (QED) is 0.473. The van der Waals surface area contributed by atoms with E-state index in [4.69, 9.17) is 0 Å². The molecule has 2 aliphatic rings. The standard InChI is InChI=1S/C5H11N2O2P/c8-10(9)6-4-2-1-3-5(4)7-10/h4-5H,1-3H2,(H3,6,7,8,9)/p-1. The van der Waals surface area contributed by atoms with Crippen molar-refractivity contribution in [1.29, 1.82) is 0 Å². The average Bonchev–Trinajstić information content (AvgIpc) is 2.20. The van der Waals surface area contributed by atoms with Crippen LogP contribution in [0.25, 0.3) is 0 Å². The van der Waals surface area contributed by atoms with E-state index < -0.39 is 7.67 Å². The fourth-order valence-corrected chi connectivity index (χ4v) is 3.31. The Hall–Kier alpha value is 0.110. The first-order valence-corrected chi connectivity index (χ1v) is 5.16. The van der Waals surface area contributed by atoms with Gasteiger partial charge in [0, 0.05) is 12.1 Å². The Labute approximate surface area is 59.6 Å². The highest BCUT2D eigenvalue weighted by molar-refractivity contribution is 7.52. The topological polar surface area (TPSA) is 64.2 Å². The third-order valence-electron chi connectivity index (χ3n) is 2.19. The largest absolute Gasteiger partial charge is 0.776 e. The van der Waals surface area contributed by atoms with Crippen LogP contribution in [0.5, 0.6) is 0 Å². The Kier molecular flexibility index (Phi) is 1.39. The Balaban J connectivity index is 2.14. The SMILES string of the molecule is O=P1([O-])NC2CCCC2N1. The highest BCUT2D eigenvalue weighted by atomic mass is 31.2. The van der Waals surface area contributed by atoms with Crippen LogP contribution in [-0.2, 0) is 4.57 Å². The molecule has 1 heterocycles. The number of nitrogens with one attached hydrogen (secondary N) is 2. The molecule has 0 bridgehead atoms. The van der Waals surface area contributed by atoms with Gasteiger partial charge in [-0.05, 0) is 12.8 Å². The van der Waals surface area contributed by atoms with E-state index in [1.54, 1.807) is 0 Å². The predicted octanol–water partition coefficient (Wildman–Crippen LogP) is -0.431. The molecule has 2 N–H and O–H groups in total. The Morgan fingerprint density at radius 1 is 1.30 bits per heavy atom. The molecule has 1 saturated heterocycles. The lowest BCUT2D eigenvalue weighted by molar-refractivity contribution is -0.180. The van der Waals surface area contributed by atoms with Gasteiger partial charge in [-0.1, -0.05) is 6.42 Å². The third-order valence-corrected chi connectivity index (χ3v) is 3.53. The van der Waals surface area contributed by atoms with Crippen molar-refractivity contribution in [2.75, 3.05) is 0 Å². The van der Waals surface area contributed by atoms with Gasteiger partial charge in [-0.25, -0.2) is 0 Å². The minimum absolute atomic E-state index is 0.184. The molecule has 0 aromatic heterocycles. The highest BCUT2D eigenvalue weighted by Crippen LogP contribution is 2.39. The maximum atomic E-state index is 10.8. The molecule has 2 unspecified atom stereocenters. The summed E-state index contributed by atoms with van der Waals surface area (Å²) >= 11 is 0. The second kappa shape index (κ2) is 2.05. The van der Waals surface area contributed by atoms with E-state index in [0.29, 0.717) is 0 Å². The van der Waals surface area contributed by atoms with Gasteiger partial charge in [-0.3, -0.25) is 10.2 Å². The van der Waals surface area contributed by atoms with Crippen LogP contribution in [0.15, 0.2) is 0 Å². The lowest BCUT2D eigenvalue weighted by Gasteiger charge is -2.18. The summed E-state index contributed by atoms with van der Waals surface area (Å²) in [5.41, 5.74) is 0. The molecule has 0 aromatic carbocycles. The first-order chi connectivity index (χ1) is 4.67. The fraction of sp³-hybridized carbons (Fsp3) is 1.00. The van der Waals surface area contributed by atoms with Crippen LogP contribution in [0.3, 0.4) is 0 Å². The Bertz CT molecular complexity index is 180. The van der Waals surface area contributed by atoms with Gasteiger partial charge in [0.05, 0.1) is 0 Å². The van der Waals surface area contributed by atoms with Gasteiger partial charge in [-0.2, -0.15) is 0 Å². The normalized spacial score (nSPS) is 53.3. The molecule has 4 nitrogen and oxygen atoms in total. The highest BCUT2D eigenvalue weighted by Gasteiger charge is 2.36. The van der Waals surface area contributed by atoms with Gasteiger partial charge in [0.2, 0.25) is 0 Å². The van der Waals surface area contributed by atoms with Crippen molar-refractivity contribution in [2.24, 2.45) is 0 Å². The lowest BCUT2D eigenvalue weighted by atomic mass is 10.2. The zero-order valence-electron chi connectivity index (χ0n) is 5.54. The molecule has 1 saturated carbocycles. The van der Waals surface area contributed by atoms with Gasteiger partial charge in [0.15, 0.2) is 0 Å². The number of hydrogen-bond acceptors (Lipinski definition) is 2. The number of rotatable bonds is 0. The Morgan fingerprint density at radius 3 is 2.30 bits per heavy atom. The maximum Gasteiger partial charge on any atom is 0.144 e. The molecule has 0 spiro atoms. The van der Waals surface area contributed by atoms with Crippen molar-refractivity contribution in [3.8, 4) is 0 Å². The van der Waals surface area contributed by atoms with E-state index in [2.05, 4.69) is 10.2 Å². The van der Waals surface area contributed by atoms with Crippen LogP contribution >= 0.6 is 7.67 Å². The van der Waals surface area contributed by atoms with Crippen LogP contribution in [0.4, 0.5) is 0 Å². The average molecular weight is 161 g/mol. The smallest absolute Gasteiger partial charge is 0.144 e. The van der Waals surface area contributed by atoms with Crippen LogP contribution in [0.1, 0.15) is 19.3 Å². The van der Waals surface area contributed by atoms with Crippen LogP contribution in [-0.4, -0.2) is 12.1 Å². The molecule has 0 radical (unpaired) electrons. The minimum Gasteiger partial charge on any atom is -0.776 e. The molecule has 0 aromatic rings. The van der Waals surface area contributed by atoms with Crippen LogP contribution in [0, 0.1) is 0 Å². The molecular formula is C5H10N2O2P-. The van der Waals surface area contributed by atoms with Gasteiger partial charge in [0.25, 0.3) is 0 Å². The van der Waals surface area contributed by atoms with E-state index in [9.17, 15) is 9.46 Å². The van der Waals surface area contributed by atoms with Crippen LogP contribution < -0.4 is 15.1 Å². The molecule has 1 aliphatic carbocycles. The molecule has 1 aliphatic heterocycles. The third kappa shape index (κ3) is 1.01. The van der Waals surface area contributed by atoms with Crippen LogP contribution in [0.2, 0.25) is 0 Å². The van der Waals surface area contributed by atoms with Crippen molar-refractivity contribution in [1.82, 2.24) is 10.2 Å². The zero-order chi connectivity index (χ0) is 7.19. The lowest BCUT2D eigenvalue weighted by Crippen LogP contribution is -2.26. The van der Waals surface area contributed by atoms with Crippen molar-refractivity contribution < 1.29 is 9.46 Å². The van der Waals surface area contributed by atoms with Gasteiger partial charge in [0.1, 0.15) is 7.67 Å². The predicted molar refractivity (Wildman–Crippen MR) is 35.3 cm³/mol. The van der Waals surface area contributed by atoms with E-state index >= 15 is 0 Å². The zero-order valence-corrected chi connectivity index (χ0v) is 6.43. The molecule has 10 heavy (non-hydrogen) atoms. The second-order valence-electron chi connectivity index (χ2n) is 2.95. The molecular weight excluding hydrogens is 151 g/mol. The molecule has 2 rings (SSSR count). The summed E-state index contributed by atoms with van der Waals surface area (Å²) in [6.45, 7) is 0. The Morgan fingerprint density at radius 2 is 1.80 bits per heavy atom. The molecule has 58 valence electrons. The summed E-state index contributed by atoms with van der Waals surface area (Å²) in [7, 11) is -3.37. The number of hydrogen-bond donors (Lipinski definition) is 2. The molecule has 2 fully saturated rings. The molecule has 5 heteroatoms. The molecule has 2 atom stereocenters. The number of fused-ring (bicyclic) bond motifs is 1. The van der Waals surface area contributed by atoms with E-state index in [1.807, 2.05) is 0 Å². The van der Waals surface area contributed by atoms with E-state index in [1.165, 1.54) is 0 Å². The summed E-state index contributed by atoms with van der Waals surface area (Å²) in [6.07, 6.45) is 3.11. The van der Waals surface area contributed by atoms with E-state index in [0.717, 1.165) is 19.3 Å². The first-order valence-electron chi connectivity index (χ1n) is 3.54. The van der Waals surface area contributed by atoms with Crippen molar-refractivity contribution >= 4 is 7.67 Å².